The Morgan fingerprint density at radius 2 is 1.87 bits per heavy atom. The largest absolute Gasteiger partial charge is 0.605 e. The van der Waals surface area contributed by atoms with Crippen LogP contribution >= 0.6 is 12.6 Å². The number of imidazole rings is 1. The first kappa shape index (κ1) is 20.9. The topological polar surface area (TPSA) is 200 Å². The molecule has 1 aliphatic heterocycles. The fourth-order valence-corrected chi connectivity index (χ4v) is 4.15. The van der Waals surface area contributed by atoms with E-state index in [1.165, 1.54) is 16.7 Å². The molecule has 1 aliphatic rings. The first-order valence-electron chi connectivity index (χ1n) is 8.67. The molecule has 4 rings (SSSR count). The van der Waals surface area contributed by atoms with E-state index in [1.807, 2.05) is 0 Å². The normalized spacial score (nSPS) is 26.2. The summed E-state index contributed by atoms with van der Waals surface area (Å²) in [6.45, 7) is 0. The van der Waals surface area contributed by atoms with Crippen molar-refractivity contribution >= 4 is 23.8 Å². The molecule has 0 amide bonds. The number of hydrogen-bond donors (Lipinski definition) is 4. The number of rotatable bonds is 5. The fourth-order valence-electron chi connectivity index (χ4n) is 3.66. The van der Waals surface area contributed by atoms with Crippen LogP contribution in [0.1, 0.15) is 5.56 Å². The summed E-state index contributed by atoms with van der Waals surface area (Å²) < 4.78 is 6.94. The number of aromatic amines is 1. The molecule has 162 valence electrons. The van der Waals surface area contributed by atoms with Crippen molar-refractivity contribution in [3.63, 3.8) is 0 Å². The number of aliphatic hydroxyl groups is 2. The molecular formula is C16H14N6O8S. The number of aliphatic hydroxyl groups excluding tert-OH is 1. The van der Waals surface area contributed by atoms with E-state index in [1.54, 1.807) is 18.2 Å². The minimum atomic E-state index is -3.88. The number of nitrogens with zero attached hydrogens (tertiary/aromatic N) is 5. The molecule has 3 N–H and O–H groups in total. The zero-order valence-corrected chi connectivity index (χ0v) is 16.2. The Morgan fingerprint density at radius 1 is 1.23 bits per heavy atom. The van der Waals surface area contributed by atoms with Crippen molar-refractivity contribution in [1.82, 2.24) is 19.5 Å². The maximum atomic E-state index is 12.1. The zero-order chi connectivity index (χ0) is 22.6. The highest BCUT2D eigenvalue weighted by atomic mass is 32.1. The predicted octanol–water partition coefficient (Wildman–Crippen LogP) is -0.922. The number of ether oxygens (including phenoxy) is 1. The molecule has 3 aromatic rings. The van der Waals surface area contributed by atoms with Crippen molar-refractivity contribution in [1.29, 1.82) is 0 Å². The monoisotopic (exact) mass is 450 g/mol. The number of nitro groups is 2. The first-order valence-corrected chi connectivity index (χ1v) is 9.19. The van der Waals surface area contributed by atoms with Crippen molar-refractivity contribution in [2.75, 3.05) is 0 Å². The Bertz CT molecular complexity index is 1220. The molecule has 0 bridgehead atoms. The highest BCUT2D eigenvalue weighted by Gasteiger charge is 2.74. The van der Waals surface area contributed by atoms with Crippen LogP contribution < -0.4 is 5.56 Å². The molecule has 1 aromatic carbocycles. The molecule has 0 radical (unpaired) electrons. The van der Waals surface area contributed by atoms with Crippen molar-refractivity contribution < 1.29 is 24.8 Å². The van der Waals surface area contributed by atoms with Crippen LogP contribution in [0, 0.1) is 20.2 Å². The summed E-state index contributed by atoms with van der Waals surface area (Å²) in [5.41, 5.74) is -2.44. The lowest BCUT2D eigenvalue weighted by molar-refractivity contribution is -0.858. The fraction of sp³-hybridized carbons (Fsp3) is 0.312. The van der Waals surface area contributed by atoms with Crippen LogP contribution in [0.3, 0.4) is 0 Å². The molecule has 0 spiro atoms. The summed E-state index contributed by atoms with van der Waals surface area (Å²) in [6, 6.07) is 7.89. The van der Waals surface area contributed by atoms with Crippen LogP contribution in [-0.2, 0) is 10.5 Å². The van der Waals surface area contributed by atoms with Gasteiger partial charge in [0.25, 0.3) is 11.7 Å². The Morgan fingerprint density at radius 3 is 2.48 bits per heavy atom. The Hall–Kier alpha value is -3.40. The SMILES string of the molecule is O=c1[nH]cnc2c1ncn2[C@]1(c2ccccc2)O[C@H](C(O)([N+](=O)[O-])[N+](=O)[O-])[C@@H](O)[C@H]1S. The molecule has 31 heavy (non-hydrogen) atoms. The van der Waals surface area contributed by atoms with Crippen molar-refractivity contribution in [3.8, 4) is 0 Å². The van der Waals surface area contributed by atoms with E-state index in [0.717, 1.165) is 12.7 Å². The molecule has 1 fully saturated rings. The van der Waals surface area contributed by atoms with Crippen LogP contribution in [0.25, 0.3) is 11.2 Å². The highest BCUT2D eigenvalue weighted by molar-refractivity contribution is 7.81. The van der Waals surface area contributed by atoms with Crippen LogP contribution in [0.5, 0.6) is 0 Å². The predicted molar refractivity (Wildman–Crippen MR) is 104 cm³/mol. The Kier molecular flexibility index (Phi) is 4.77. The van der Waals surface area contributed by atoms with E-state index in [-0.39, 0.29) is 16.7 Å². The minimum absolute atomic E-state index is 0.0368. The van der Waals surface area contributed by atoms with Gasteiger partial charge in [0.2, 0.25) is 0 Å². The van der Waals surface area contributed by atoms with E-state index < -0.39 is 44.4 Å². The van der Waals surface area contributed by atoms with Gasteiger partial charge in [-0.2, -0.15) is 12.6 Å². The van der Waals surface area contributed by atoms with Crippen LogP contribution in [0.4, 0.5) is 0 Å². The molecule has 2 aromatic heterocycles. The second-order valence-electron chi connectivity index (χ2n) is 6.76. The molecule has 0 aliphatic carbocycles. The van der Waals surface area contributed by atoms with E-state index in [4.69, 9.17) is 4.74 Å². The molecule has 3 heterocycles. The molecule has 1 saturated heterocycles. The molecule has 4 atom stereocenters. The molecule has 15 heteroatoms. The second kappa shape index (κ2) is 7.09. The van der Waals surface area contributed by atoms with Gasteiger partial charge in [0, 0.05) is 5.56 Å². The van der Waals surface area contributed by atoms with Gasteiger partial charge in [-0.05, 0) is 0 Å². The van der Waals surface area contributed by atoms with Gasteiger partial charge in [-0.25, -0.2) is 9.97 Å². The summed E-state index contributed by atoms with van der Waals surface area (Å²) in [7, 11) is 0. The number of hydrogen-bond acceptors (Lipinski definition) is 11. The van der Waals surface area contributed by atoms with Gasteiger partial charge in [-0.1, -0.05) is 30.3 Å². The van der Waals surface area contributed by atoms with E-state index in [2.05, 4.69) is 27.6 Å². The number of fused-ring (bicyclic) bond motifs is 1. The number of aromatic nitrogens is 4. The third kappa shape index (κ3) is 2.74. The van der Waals surface area contributed by atoms with E-state index in [0.29, 0.717) is 0 Å². The number of H-pyrrole nitrogens is 1. The summed E-state index contributed by atoms with van der Waals surface area (Å²) in [6.07, 6.45) is -2.10. The van der Waals surface area contributed by atoms with Crippen molar-refractivity contribution in [2.45, 2.75) is 29.0 Å². The lowest BCUT2D eigenvalue weighted by Crippen LogP contribution is -2.59. The summed E-state index contributed by atoms with van der Waals surface area (Å²) in [5, 5.41) is 42.4. The van der Waals surface area contributed by atoms with Gasteiger partial charge >= 0.3 is 5.85 Å². The quantitative estimate of drug-likeness (QED) is 0.163. The van der Waals surface area contributed by atoms with Crippen LogP contribution in [-0.4, -0.2) is 62.9 Å². The van der Waals surface area contributed by atoms with Gasteiger partial charge in [0.1, 0.15) is 16.0 Å². The van der Waals surface area contributed by atoms with Crippen molar-refractivity contribution in [2.24, 2.45) is 0 Å². The van der Waals surface area contributed by atoms with Crippen LogP contribution in [0.15, 0.2) is 47.8 Å². The molecule has 0 unspecified atom stereocenters. The molecule has 14 nitrogen and oxygen atoms in total. The van der Waals surface area contributed by atoms with E-state index in [9.17, 15) is 35.2 Å². The number of nitrogens with one attached hydrogen (secondary N) is 1. The van der Waals surface area contributed by atoms with Crippen LogP contribution in [0.2, 0.25) is 0 Å². The third-order valence-electron chi connectivity index (χ3n) is 5.15. The summed E-state index contributed by atoms with van der Waals surface area (Å²) in [5.74, 6) is -3.88. The average molecular weight is 450 g/mol. The standard InChI is InChI=1S/C16H14N6O8S/c23-10-11(16(25,21(26)27)22(28)29)30-15(12(10)31,8-4-2-1-3-5-8)20-7-19-9-13(20)17-6-18-14(9)24/h1-7,10-12,23,25,31H,(H,17,18,24)/t10-,11+,12-,15-/m1/s1. The lowest BCUT2D eigenvalue weighted by atomic mass is 9.96. The van der Waals surface area contributed by atoms with Gasteiger partial charge in [-0.3, -0.25) is 34.7 Å². The smallest absolute Gasteiger partial charge is 0.388 e. The maximum absolute atomic E-state index is 12.1. The number of thiol groups is 1. The summed E-state index contributed by atoms with van der Waals surface area (Å²) in [4.78, 5) is 42.2. The second-order valence-corrected chi connectivity index (χ2v) is 7.31. The highest BCUT2D eigenvalue weighted by Crippen LogP contribution is 2.47. The maximum Gasteiger partial charge on any atom is 0.605 e. The van der Waals surface area contributed by atoms with Gasteiger partial charge < -0.3 is 14.8 Å². The van der Waals surface area contributed by atoms with Crippen molar-refractivity contribution in [3.05, 3.63) is 79.1 Å². The van der Waals surface area contributed by atoms with Gasteiger partial charge in [0.15, 0.2) is 16.9 Å². The Labute approximate surface area is 176 Å². The lowest BCUT2D eigenvalue weighted by Gasteiger charge is -2.34. The molecular weight excluding hydrogens is 436 g/mol. The zero-order valence-electron chi connectivity index (χ0n) is 15.3. The van der Waals surface area contributed by atoms with E-state index >= 15 is 0 Å². The number of benzene rings is 1. The van der Waals surface area contributed by atoms with Gasteiger partial charge in [-0.15, -0.1) is 0 Å². The summed E-state index contributed by atoms with van der Waals surface area (Å²) >= 11 is 4.35. The third-order valence-corrected chi connectivity index (χ3v) is 5.80. The van der Waals surface area contributed by atoms with Gasteiger partial charge in [0.05, 0.1) is 17.9 Å². The molecule has 0 saturated carbocycles. The first-order chi connectivity index (χ1) is 14.7. The average Bonchev–Trinajstić information content (AvgIpc) is 3.30. The Balaban J connectivity index is 2.01. The minimum Gasteiger partial charge on any atom is -0.388 e.